The van der Waals surface area contributed by atoms with E-state index in [9.17, 15) is 24.3 Å². The van der Waals surface area contributed by atoms with E-state index in [1.807, 2.05) is 0 Å². The zero-order chi connectivity index (χ0) is 26.0. The highest BCUT2D eigenvalue weighted by atomic mass is 32.2. The number of nitrogens with one attached hydrogen (secondary N) is 2. The van der Waals surface area contributed by atoms with E-state index in [-0.39, 0.29) is 35.5 Å². The lowest BCUT2D eigenvalue weighted by Crippen LogP contribution is -2.71. The molecule has 1 fully saturated rings. The molecule has 2 amide bonds. The predicted molar refractivity (Wildman–Crippen MR) is 127 cm³/mol. The topological polar surface area (TPSA) is 212 Å². The van der Waals surface area contributed by atoms with E-state index in [1.54, 1.807) is 24.3 Å². The molecule has 36 heavy (non-hydrogen) atoms. The van der Waals surface area contributed by atoms with Crippen molar-refractivity contribution in [2.24, 2.45) is 5.73 Å². The van der Waals surface area contributed by atoms with E-state index in [0.29, 0.717) is 22.5 Å². The first-order chi connectivity index (χ1) is 17.2. The third kappa shape index (κ3) is 5.23. The lowest BCUT2D eigenvalue weighted by Gasteiger charge is -2.49. The number of benzene rings is 1. The number of carboxylic acids is 2. The SMILES string of the molecule is NC(C(=O)NC1C(=O)N2C(C(=O)O)=C(CSc3n[nH]c(CC(=O)O)n3)CS[C@@H]12)c1ccc(CO)cc1. The van der Waals surface area contributed by atoms with Gasteiger partial charge in [0.1, 0.15) is 35.4 Å². The molecule has 13 nitrogen and oxygen atoms in total. The first kappa shape index (κ1) is 25.7. The Hall–Kier alpha value is -3.40. The van der Waals surface area contributed by atoms with Gasteiger partial charge in [0.15, 0.2) is 0 Å². The van der Waals surface area contributed by atoms with Gasteiger partial charge in [0.25, 0.3) is 5.91 Å². The van der Waals surface area contributed by atoms with Gasteiger partial charge in [-0.15, -0.1) is 16.9 Å². The molecule has 15 heteroatoms. The summed E-state index contributed by atoms with van der Waals surface area (Å²) in [5, 5.41) is 36.5. The third-order valence-corrected chi connectivity index (χ3v) is 7.83. The fourth-order valence-corrected chi connectivity index (χ4v) is 6.04. The Bertz CT molecular complexity index is 1230. The van der Waals surface area contributed by atoms with Crippen molar-refractivity contribution in [2.45, 2.75) is 35.6 Å². The number of amides is 2. The van der Waals surface area contributed by atoms with Gasteiger partial charge < -0.3 is 26.4 Å². The number of carbonyl (C=O) groups excluding carboxylic acids is 2. The lowest BCUT2D eigenvalue weighted by molar-refractivity contribution is -0.150. The molecule has 2 unspecified atom stereocenters. The van der Waals surface area contributed by atoms with Crippen molar-refractivity contribution in [3.8, 4) is 0 Å². The number of nitrogens with two attached hydrogens (primary N) is 1. The van der Waals surface area contributed by atoms with E-state index in [4.69, 9.17) is 15.9 Å². The minimum atomic E-state index is -1.27. The molecular formula is C21H22N6O7S2. The van der Waals surface area contributed by atoms with Gasteiger partial charge >= 0.3 is 11.9 Å². The Labute approximate surface area is 212 Å². The normalized spacial score (nSPS) is 19.9. The largest absolute Gasteiger partial charge is 0.481 e. The fraction of sp³-hybridized carbons (Fsp3) is 0.333. The smallest absolute Gasteiger partial charge is 0.352 e. The number of hydrogen-bond acceptors (Lipinski definition) is 10. The molecule has 1 saturated heterocycles. The van der Waals surface area contributed by atoms with Gasteiger partial charge in [0, 0.05) is 11.5 Å². The van der Waals surface area contributed by atoms with Crippen molar-refractivity contribution in [1.82, 2.24) is 25.4 Å². The van der Waals surface area contributed by atoms with Crippen molar-refractivity contribution >= 4 is 47.3 Å². The number of H-pyrrole nitrogens is 1. The van der Waals surface area contributed by atoms with Crippen LogP contribution in [0.5, 0.6) is 0 Å². The number of nitrogens with zero attached hydrogens (tertiary/aromatic N) is 3. The van der Waals surface area contributed by atoms with E-state index in [1.165, 1.54) is 11.8 Å². The summed E-state index contributed by atoms with van der Waals surface area (Å²) in [5.41, 5.74) is 7.54. The number of aromatic amines is 1. The quantitative estimate of drug-likeness (QED) is 0.167. The number of rotatable bonds is 10. The Balaban J connectivity index is 1.41. The van der Waals surface area contributed by atoms with Crippen LogP contribution in [-0.4, -0.2) is 82.1 Å². The van der Waals surface area contributed by atoms with Crippen LogP contribution < -0.4 is 11.1 Å². The Kier molecular flexibility index (Phi) is 7.63. The summed E-state index contributed by atoms with van der Waals surface area (Å²) in [7, 11) is 0. The second-order valence-corrected chi connectivity index (χ2v) is 10.0. The highest BCUT2D eigenvalue weighted by Crippen LogP contribution is 2.41. The first-order valence-electron chi connectivity index (χ1n) is 10.6. The highest BCUT2D eigenvalue weighted by Gasteiger charge is 2.54. The monoisotopic (exact) mass is 534 g/mol. The third-order valence-electron chi connectivity index (χ3n) is 5.56. The molecule has 3 heterocycles. The minimum absolute atomic E-state index is 0.142. The van der Waals surface area contributed by atoms with Crippen molar-refractivity contribution in [2.75, 3.05) is 11.5 Å². The standard InChI is InChI=1S/C21H22N6O7S2/c22-14(10-3-1-9(6-28)2-4-10)17(31)24-15-18(32)27-16(20(33)34)11(7-35-19(15)27)8-36-21-23-12(25-26-21)5-13(29)30/h1-4,14-15,19,28H,5-8,22H2,(H,24,31)(H,29,30)(H,33,34)(H,23,25,26)/t14?,15?,19-/m0/s1. The Morgan fingerprint density at radius 2 is 2.00 bits per heavy atom. The van der Waals surface area contributed by atoms with Crippen LogP contribution in [-0.2, 0) is 32.2 Å². The van der Waals surface area contributed by atoms with Crippen molar-refractivity contribution in [1.29, 1.82) is 0 Å². The molecule has 190 valence electrons. The van der Waals surface area contributed by atoms with Crippen LogP contribution in [0.4, 0.5) is 0 Å². The molecule has 2 aromatic rings. The molecule has 1 aromatic heterocycles. The van der Waals surface area contributed by atoms with E-state index in [0.717, 1.165) is 16.7 Å². The summed E-state index contributed by atoms with van der Waals surface area (Å²) in [5.74, 6) is -2.80. The molecule has 0 radical (unpaired) electrons. The van der Waals surface area contributed by atoms with E-state index in [2.05, 4.69) is 20.5 Å². The molecular weight excluding hydrogens is 512 g/mol. The fourth-order valence-electron chi connectivity index (χ4n) is 3.74. The average molecular weight is 535 g/mol. The molecule has 4 rings (SSSR count). The number of aliphatic hydroxyl groups is 1. The summed E-state index contributed by atoms with van der Waals surface area (Å²) in [6, 6.07) is 4.57. The molecule has 0 bridgehead atoms. The maximum atomic E-state index is 12.9. The number of aromatic nitrogens is 3. The molecule has 0 aliphatic carbocycles. The second-order valence-electron chi connectivity index (χ2n) is 7.95. The van der Waals surface area contributed by atoms with Crippen molar-refractivity contribution < 1.29 is 34.5 Å². The zero-order valence-corrected chi connectivity index (χ0v) is 20.2. The average Bonchev–Trinajstić information content (AvgIpc) is 3.31. The van der Waals surface area contributed by atoms with Crippen LogP contribution in [0.3, 0.4) is 0 Å². The van der Waals surface area contributed by atoms with Gasteiger partial charge in [-0.05, 0) is 16.7 Å². The molecule has 7 N–H and O–H groups in total. The van der Waals surface area contributed by atoms with Gasteiger partial charge in [-0.3, -0.25) is 24.4 Å². The van der Waals surface area contributed by atoms with Crippen LogP contribution in [0.25, 0.3) is 0 Å². The number of thioether (sulfide) groups is 2. The van der Waals surface area contributed by atoms with E-state index >= 15 is 0 Å². The van der Waals surface area contributed by atoms with Crippen LogP contribution >= 0.6 is 23.5 Å². The second kappa shape index (κ2) is 10.7. The summed E-state index contributed by atoms with van der Waals surface area (Å²) >= 11 is 2.44. The number of fused-ring (bicyclic) bond motifs is 1. The van der Waals surface area contributed by atoms with Gasteiger partial charge in [-0.1, -0.05) is 36.0 Å². The highest BCUT2D eigenvalue weighted by molar-refractivity contribution is 8.01. The van der Waals surface area contributed by atoms with Gasteiger partial charge in [-0.25, -0.2) is 9.78 Å². The summed E-state index contributed by atoms with van der Waals surface area (Å²) in [4.78, 5) is 53.5. The molecule has 0 saturated carbocycles. The Morgan fingerprint density at radius 1 is 1.28 bits per heavy atom. The maximum absolute atomic E-state index is 12.9. The van der Waals surface area contributed by atoms with Crippen LogP contribution in [0, 0.1) is 0 Å². The number of carboxylic acid groups (broad SMARTS) is 2. The zero-order valence-electron chi connectivity index (χ0n) is 18.6. The number of β-lactam (4-membered cyclic amide) rings is 1. The van der Waals surface area contributed by atoms with Crippen LogP contribution in [0.1, 0.15) is 23.0 Å². The van der Waals surface area contributed by atoms with Gasteiger partial charge in [0.05, 0.1) is 6.61 Å². The summed E-state index contributed by atoms with van der Waals surface area (Å²) < 4.78 is 0. The van der Waals surface area contributed by atoms with E-state index < -0.39 is 41.2 Å². The number of aliphatic hydroxyl groups excluding tert-OH is 1. The summed E-state index contributed by atoms with van der Waals surface area (Å²) in [6.07, 6.45) is -0.318. The van der Waals surface area contributed by atoms with Crippen molar-refractivity contribution in [3.05, 3.63) is 52.5 Å². The minimum Gasteiger partial charge on any atom is -0.481 e. The first-order valence-corrected chi connectivity index (χ1v) is 12.6. The van der Waals surface area contributed by atoms with Crippen LogP contribution in [0.2, 0.25) is 0 Å². The summed E-state index contributed by atoms with van der Waals surface area (Å²) in [6.45, 7) is -0.142. The predicted octanol–water partition coefficient (Wildman–Crippen LogP) is -0.545. The molecule has 0 spiro atoms. The number of hydrogen-bond donors (Lipinski definition) is 6. The van der Waals surface area contributed by atoms with Gasteiger partial charge in [0.2, 0.25) is 11.1 Å². The lowest BCUT2D eigenvalue weighted by atomic mass is 10.0. The molecule has 1 aromatic carbocycles. The molecule has 2 aliphatic rings. The molecule has 3 atom stereocenters. The number of carbonyl (C=O) groups is 4. The van der Waals surface area contributed by atoms with Gasteiger partial charge in [-0.2, -0.15) is 0 Å². The molecule has 2 aliphatic heterocycles. The maximum Gasteiger partial charge on any atom is 0.352 e. The van der Waals surface area contributed by atoms with Crippen LogP contribution in [0.15, 0.2) is 40.7 Å². The number of aliphatic carboxylic acids is 2. The van der Waals surface area contributed by atoms with Crippen molar-refractivity contribution in [3.63, 3.8) is 0 Å². The Morgan fingerprint density at radius 3 is 2.64 bits per heavy atom.